The molecule has 0 atom stereocenters. The Labute approximate surface area is 168 Å². The van der Waals surface area contributed by atoms with Crippen LogP contribution in [0.25, 0.3) is 0 Å². The van der Waals surface area contributed by atoms with Crippen LogP contribution in [0.5, 0.6) is 0 Å². The average molecular weight is 483 g/mol. The second kappa shape index (κ2) is 12.5. The summed E-state index contributed by atoms with van der Waals surface area (Å²) in [5.74, 6) is 0.776. The highest BCUT2D eigenvalue weighted by atomic mass is 127. The Hall–Kier alpha value is -0.870. The number of ether oxygens (including phenoxy) is 1. The maximum Gasteiger partial charge on any atom is 0.191 e. The van der Waals surface area contributed by atoms with Crippen molar-refractivity contribution in [3.63, 3.8) is 0 Å². The molecular formula is C17H30IN3O3S. The van der Waals surface area contributed by atoms with Gasteiger partial charge >= 0.3 is 0 Å². The van der Waals surface area contributed by atoms with Crippen molar-refractivity contribution in [3.05, 3.63) is 34.9 Å². The van der Waals surface area contributed by atoms with Gasteiger partial charge in [-0.1, -0.05) is 23.8 Å². The van der Waals surface area contributed by atoms with Crippen molar-refractivity contribution < 1.29 is 13.2 Å². The molecule has 0 radical (unpaired) electrons. The van der Waals surface area contributed by atoms with Crippen molar-refractivity contribution in [1.82, 2.24) is 10.6 Å². The largest absolute Gasteiger partial charge is 0.379 e. The van der Waals surface area contributed by atoms with Crippen molar-refractivity contribution in [2.45, 2.75) is 27.3 Å². The molecular weight excluding hydrogens is 453 g/mol. The van der Waals surface area contributed by atoms with E-state index in [4.69, 9.17) is 4.74 Å². The summed E-state index contributed by atoms with van der Waals surface area (Å²) >= 11 is 0. The van der Waals surface area contributed by atoms with E-state index in [9.17, 15) is 8.42 Å². The zero-order valence-electron chi connectivity index (χ0n) is 15.5. The number of hydrogen-bond donors (Lipinski definition) is 2. The zero-order chi connectivity index (χ0) is 18.0. The van der Waals surface area contributed by atoms with Gasteiger partial charge in [0.25, 0.3) is 0 Å². The number of guanidine groups is 1. The summed E-state index contributed by atoms with van der Waals surface area (Å²) in [6, 6.07) is 6.35. The molecule has 25 heavy (non-hydrogen) atoms. The van der Waals surface area contributed by atoms with E-state index in [0.29, 0.717) is 19.7 Å². The quantitative estimate of drug-likeness (QED) is 0.243. The Balaban J connectivity index is 0.00000576. The first-order valence-electron chi connectivity index (χ1n) is 8.15. The minimum Gasteiger partial charge on any atom is -0.379 e. The van der Waals surface area contributed by atoms with Crippen molar-refractivity contribution in [2.24, 2.45) is 4.99 Å². The third-order valence-corrected chi connectivity index (χ3v) is 4.30. The first-order valence-corrected chi connectivity index (χ1v) is 10.2. The van der Waals surface area contributed by atoms with Gasteiger partial charge in [0.15, 0.2) is 5.96 Å². The van der Waals surface area contributed by atoms with Crippen LogP contribution in [-0.2, 0) is 21.1 Å². The maximum absolute atomic E-state index is 11.0. The molecule has 144 valence electrons. The lowest BCUT2D eigenvalue weighted by Gasteiger charge is -2.12. The summed E-state index contributed by atoms with van der Waals surface area (Å²) in [6.07, 6.45) is 1.21. The molecule has 1 aromatic carbocycles. The number of nitrogens with zero attached hydrogens (tertiary/aromatic N) is 1. The molecule has 1 aromatic rings. The molecule has 0 aromatic heterocycles. The highest BCUT2D eigenvalue weighted by molar-refractivity contribution is 14.0. The molecule has 0 saturated carbocycles. The highest BCUT2D eigenvalue weighted by Gasteiger charge is 2.02. The Kier molecular flexibility index (Phi) is 12.0. The molecule has 0 spiro atoms. The SMILES string of the molecule is CCNC(=NCc1ccc(C)cc1C)NCCOCCS(C)(=O)=O.I. The third kappa shape index (κ3) is 11.4. The van der Waals surface area contributed by atoms with E-state index in [1.165, 1.54) is 22.9 Å². The fourth-order valence-corrected chi connectivity index (χ4v) is 2.50. The van der Waals surface area contributed by atoms with Crippen LogP contribution in [-0.4, -0.2) is 52.7 Å². The van der Waals surface area contributed by atoms with E-state index in [1.807, 2.05) is 6.92 Å². The predicted octanol–water partition coefficient (Wildman–Crippen LogP) is 2.04. The van der Waals surface area contributed by atoms with Gasteiger partial charge in [0.2, 0.25) is 0 Å². The van der Waals surface area contributed by atoms with Crippen molar-refractivity contribution in [1.29, 1.82) is 0 Å². The summed E-state index contributed by atoms with van der Waals surface area (Å²) in [5, 5.41) is 6.37. The molecule has 1 rings (SSSR count). The van der Waals surface area contributed by atoms with Gasteiger partial charge in [-0.05, 0) is 31.9 Å². The van der Waals surface area contributed by atoms with Crippen LogP contribution in [0.3, 0.4) is 0 Å². The van der Waals surface area contributed by atoms with E-state index < -0.39 is 9.84 Å². The van der Waals surface area contributed by atoms with Crippen LogP contribution in [0.2, 0.25) is 0 Å². The van der Waals surface area contributed by atoms with E-state index in [1.54, 1.807) is 0 Å². The first kappa shape index (κ1) is 24.1. The fraction of sp³-hybridized carbons (Fsp3) is 0.588. The van der Waals surface area contributed by atoms with Gasteiger partial charge in [-0.15, -0.1) is 24.0 Å². The molecule has 0 aliphatic heterocycles. The number of benzene rings is 1. The Bertz CT molecular complexity index is 649. The van der Waals surface area contributed by atoms with Gasteiger partial charge in [0, 0.05) is 19.3 Å². The molecule has 0 saturated heterocycles. The molecule has 0 heterocycles. The topological polar surface area (TPSA) is 79.8 Å². The second-order valence-electron chi connectivity index (χ2n) is 5.79. The summed E-state index contributed by atoms with van der Waals surface area (Å²) in [5.41, 5.74) is 3.68. The molecule has 0 bridgehead atoms. The molecule has 2 N–H and O–H groups in total. The first-order chi connectivity index (χ1) is 11.3. The monoisotopic (exact) mass is 483 g/mol. The lowest BCUT2D eigenvalue weighted by Crippen LogP contribution is -2.39. The normalized spacial score (nSPS) is 11.8. The van der Waals surface area contributed by atoms with E-state index in [-0.39, 0.29) is 36.3 Å². The van der Waals surface area contributed by atoms with Crippen molar-refractivity contribution >= 4 is 39.8 Å². The van der Waals surface area contributed by atoms with Gasteiger partial charge in [0.1, 0.15) is 9.84 Å². The van der Waals surface area contributed by atoms with Gasteiger partial charge < -0.3 is 15.4 Å². The van der Waals surface area contributed by atoms with Crippen LogP contribution in [0.15, 0.2) is 23.2 Å². The van der Waals surface area contributed by atoms with Crippen LogP contribution < -0.4 is 10.6 Å². The molecule has 0 fully saturated rings. The Morgan fingerprint density at radius 1 is 1.20 bits per heavy atom. The summed E-state index contributed by atoms with van der Waals surface area (Å²) in [7, 11) is -2.96. The number of halogens is 1. The molecule has 8 heteroatoms. The lowest BCUT2D eigenvalue weighted by molar-refractivity contribution is 0.154. The zero-order valence-corrected chi connectivity index (χ0v) is 18.6. The van der Waals surface area contributed by atoms with Crippen molar-refractivity contribution in [3.8, 4) is 0 Å². The van der Waals surface area contributed by atoms with Gasteiger partial charge in [-0.2, -0.15) is 0 Å². The Morgan fingerprint density at radius 2 is 1.92 bits per heavy atom. The number of nitrogens with one attached hydrogen (secondary N) is 2. The maximum atomic E-state index is 11.0. The number of aliphatic imine (C=N–C) groups is 1. The molecule has 0 aliphatic rings. The lowest BCUT2D eigenvalue weighted by atomic mass is 10.1. The minimum absolute atomic E-state index is 0. The third-order valence-electron chi connectivity index (χ3n) is 3.39. The predicted molar refractivity (Wildman–Crippen MR) is 115 cm³/mol. The number of aryl methyl sites for hydroxylation is 2. The van der Waals surface area contributed by atoms with Crippen LogP contribution in [0.1, 0.15) is 23.6 Å². The van der Waals surface area contributed by atoms with Gasteiger partial charge in [0.05, 0.1) is 25.5 Å². The average Bonchev–Trinajstić information content (AvgIpc) is 2.48. The Morgan fingerprint density at radius 3 is 2.52 bits per heavy atom. The van der Waals surface area contributed by atoms with E-state index in [2.05, 4.69) is 47.7 Å². The van der Waals surface area contributed by atoms with E-state index >= 15 is 0 Å². The van der Waals surface area contributed by atoms with Crippen molar-refractivity contribution in [2.75, 3.05) is 38.3 Å². The summed E-state index contributed by atoms with van der Waals surface area (Å²) in [4.78, 5) is 4.57. The highest BCUT2D eigenvalue weighted by Crippen LogP contribution is 2.11. The fourth-order valence-electron chi connectivity index (χ4n) is 2.08. The molecule has 0 unspecified atom stereocenters. The van der Waals surface area contributed by atoms with E-state index in [0.717, 1.165) is 12.5 Å². The molecule has 6 nitrogen and oxygen atoms in total. The van der Waals surface area contributed by atoms with Crippen LogP contribution >= 0.6 is 24.0 Å². The number of hydrogen-bond acceptors (Lipinski definition) is 4. The number of rotatable bonds is 9. The molecule has 0 aliphatic carbocycles. The molecule has 0 amide bonds. The number of sulfone groups is 1. The van der Waals surface area contributed by atoms with Crippen LogP contribution in [0, 0.1) is 13.8 Å². The second-order valence-corrected chi connectivity index (χ2v) is 8.05. The standard InChI is InChI=1S/C17H29N3O3S.HI/c1-5-18-17(19-8-9-23-10-11-24(4,21)22)20-13-16-7-6-14(2)12-15(16)3;/h6-7,12H,5,8-11,13H2,1-4H3,(H2,18,19,20);1H. The summed E-state index contributed by atoms with van der Waals surface area (Å²) in [6.45, 7) is 8.78. The van der Waals surface area contributed by atoms with Gasteiger partial charge in [-0.3, -0.25) is 0 Å². The smallest absolute Gasteiger partial charge is 0.191 e. The summed E-state index contributed by atoms with van der Waals surface area (Å²) < 4.78 is 27.3. The van der Waals surface area contributed by atoms with Crippen LogP contribution in [0.4, 0.5) is 0 Å². The minimum atomic E-state index is -2.96. The van der Waals surface area contributed by atoms with Gasteiger partial charge in [-0.25, -0.2) is 13.4 Å².